The predicted octanol–water partition coefficient (Wildman–Crippen LogP) is -0.314. The molecule has 0 saturated heterocycles. The zero-order valence-corrected chi connectivity index (χ0v) is 6.60. The van der Waals surface area contributed by atoms with E-state index in [0.717, 1.165) is 4.44 Å². The molecule has 1 atom stereocenters. The summed E-state index contributed by atoms with van der Waals surface area (Å²) in [7, 11) is 0. The van der Waals surface area contributed by atoms with Gasteiger partial charge in [-0.1, -0.05) is 0 Å². The Morgan fingerprint density at radius 3 is 2.20 bits per heavy atom. The second-order valence-corrected chi connectivity index (χ2v) is 2.43. The van der Waals surface area contributed by atoms with E-state index in [-0.39, 0.29) is 6.10 Å². The topological polar surface area (TPSA) is 20.2 Å². The zero-order valence-electron chi connectivity index (χ0n) is 3.31. The summed E-state index contributed by atoms with van der Waals surface area (Å²) < 4.78 is 0.991. The molecule has 0 aliphatic carbocycles. The van der Waals surface area contributed by atoms with Crippen LogP contribution in [0.3, 0.4) is 0 Å². The van der Waals surface area contributed by atoms with Crippen LogP contribution in [0.5, 0.6) is 0 Å². The van der Waals surface area contributed by atoms with Gasteiger partial charge in [0.1, 0.15) is 0 Å². The Morgan fingerprint density at radius 1 is 2.00 bits per heavy atom. The monoisotopic (exact) mass is 180 g/mol. The number of hydrogen-bond acceptors (Lipinski definition) is 1. The Kier molecular flexibility index (Phi) is 3.42. The van der Waals surface area contributed by atoms with Crippen molar-refractivity contribution >= 4 is 22.5 Å². The Hall–Kier alpha value is 0.759. The van der Waals surface area contributed by atoms with Crippen LogP contribution in [-0.4, -0.2) is 33.7 Å². The van der Waals surface area contributed by atoms with E-state index in [1.165, 1.54) is 22.5 Å². The summed E-state index contributed by atoms with van der Waals surface area (Å²) in [5, 5.41) is 8.39. The molecule has 5 heavy (non-hydrogen) atoms. The van der Waals surface area contributed by atoms with E-state index in [9.17, 15) is 0 Å². The van der Waals surface area contributed by atoms with Crippen molar-refractivity contribution in [1.82, 2.24) is 0 Å². The van der Waals surface area contributed by atoms with E-state index in [1.54, 1.807) is 0 Å². The maximum absolute atomic E-state index is 8.39. The average molecular weight is 179 g/mol. The minimum absolute atomic E-state index is 0.0580. The van der Waals surface area contributed by atoms with Crippen molar-refractivity contribution in [3.05, 3.63) is 0 Å². The molecule has 0 aliphatic rings. The van der Waals surface area contributed by atoms with Crippen LogP contribution in [0.15, 0.2) is 0 Å². The van der Waals surface area contributed by atoms with Gasteiger partial charge >= 0.3 is 45.1 Å². The quantitative estimate of drug-likeness (QED) is 0.547. The number of hydrogen-bond donors (Lipinski definition) is 1. The molecule has 0 spiro atoms. The van der Waals surface area contributed by atoms with E-state index >= 15 is 0 Å². The molecule has 0 bridgehead atoms. The van der Waals surface area contributed by atoms with E-state index < -0.39 is 0 Å². The third-order valence-electron chi connectivity index (χ3n) is 0.341. The summed E-state index contributed by atoms with van der Waals surface area (Å²) in [6, 6.07) is 0. The first kappa shape index (κ1) is 5.76. The molecular formula is C3H8OSn. The summed E-state index contributed by atoms with van der Waals surface area (Å²) >= 11 is 1.18. The molecule has 0 aromatic rings. The third kappa shape index (κ3) is 4.76. The van der Waals surface area contributed by atoms with Gasteiger partial charge in [0.05, 0.1) is 0 Å². The first-order chi connectivity index (χ1) is 2.27. The molecular weight excluding hydrogens is 171 g/mol. The van der Waals surface area contributed by atoms with E-state index in [2.05, 4.69) is 0 Å². The van der Waals surface area contributed by atoms with Crippen LogP contribution < -0.4 is 0 Å². The van der Waals surface area contributed by atoms with Crippen LogP contribution in [0.2, 0.25) is 4.44 Å². The van der Waals surface area contributed by atoms with Crippen molar-refractivity contribution in [3.8, 4) is 0 Å². The summed E-state index contributed by atoms with van der Waals surface area (Å²) in [4.78, 5) is 0. The van der Waals surface area contributed by atoms with Crippen molar-refractivity contribution in [1.29, 1.82) is 0 Å². The van der Waals surface area contributed by atoms with E-state index in [0.29, 0.717) is 0 Å². The van der Waals surface area contributed by atoms with Crippen molar-refractivity contribution in [2.24, 2.45) is 0 Å². The fourth-order valence-corrected chi connectivity index (χ4v) is 0. The molecule has 0 amide bonds. The van der Waals surface area contributed by atoms with Crippen LogP contribution in [0.1, 0.15) is 6.92 Å². The van der Waals surface area contributed by atoms with Gasteiger partial charge in [0.2, 0.25) is 0 Å². The van der Waals surface area contributed by atoms with Gasteiger partial charge in [-0.25, -0.2) is 0 Å². The molecule has 0 saturated carbocycles. The van der Waals surface area contributed by atoms with Crippen LogP contribution >= 0.6 is 0 Å². The Bertz CT molecular complexity index is 20.9. The second kappa shape index (κ2) is 2.97. The molecule has 1 nitrogen and oxygen atoms in total. The number of aliphatic hydroxyl groups is 1. The molecule has 0 heterocycles. The second-order valence-electron chi connectivity index (χ2n) is 1.08. The Balaban J connectivity index is 2.54. The van der Waals surface area contributed by atoms with Crippen molar-refractivity contribution in [2.45, 2.75) is 17.5 Å². The summed E-state index contributed by atoms with van der Waals surface area (Å²) in [6.07, 6.45) is -0.0580. The summed E-state index contributed by atoms with van der Waals surface area (Å²) in [6.45, 7) is 1.81. The number of aliphatic hydroxyl groups excluding tert-OH is 1. The standard InChI is InChI=1S/C3H7O.Sn.H/c1-3(2)4;;/h3-4H,1H2,2H3;;. The maximum atomic E-state index is 8.39. The van der Waals surface area contributed by atoms with Gasteiger partial charge in [-0.15, -0.1) is 0 Å². The van der Waals surface area contributed by atoms with Gasteiger partial charge < -0.3 is 0 Å². The molecule has 2 radical (unpaired) electrons. The normalized spacial score (nSPS) is 15.0. The predicted molar refractivity (Wildman–Crippen MR) is 23.6 cm³/mol. The van der Waals surface area contributed by atoms with Gasteiger partial charge in [0.15, 0.2) is 0 Å². The molecule has 1 N–H and O–H groups in total. The van der Waals surface area contributed by atoms with Gasteiger partial charge in [0, 0.05) is 0 Å². The van der Waals surface area contributed by atoms with Crippen LogP contribution in [-0.2, 0) is 0 Å². The van der Waals surface area contributed by atoms with Crippen LogP contribution in [0.25, 0.3) is 0 Å². The molecule has 0 rings (SSSR count). The fourth-order valence-electron chi connectivity index (χ4n) is 0. The van der Waals surface area contributed by atoms with Crippen LogP contribution in [0, 0.1) is 0 Å². The molecule has 0 aromatic heterocycles. The first-order valence-corrected chi connectivity index (χ1v) is 3.98. The van der Waals surface area contributed by atoms with Gasteiger partial charge in [-0.05, 0) is 0 Å². The zero-order chi connectivity index (χ0) is 4.28. The minimum atomic E-state index is -0.0580. The first-order valence-electron chi connectivity index (χ1n) is 1.65. The van der Waals surface area contributed by atoms with E-state index in [1.807, 2.05) is 6.92 Å². The average Bonchev–Trinajstić information content (AvgIpc) is 1.38. The van der Waals surface area contributed by atoms with E-state index in [4.69, 9.17) is 5.11 Å². The molecule has 1 unspecified atom stereocenters. The van der Waals surface area contributed by atoms with Gasteiger partial charge in [0.25, 0.3) is 0 Å². The molecule has 0 aromatic carbocycles. The van der Waals surface area contributed by atoms with Gasteiger partial charge in [-0.3, -0.25) is 0 Å². The van der Waals surface area contributed by atoms with Crippen molar-refractivity contribution in [2.75, 3.05) is 0 Å². The Labute approximate surface area is 45.5 Å². The number of rotatable bonds is 1. The molecule has 2 heteroatoms. The SMILES string of the molecule is CC(O)[CH2][SnH]. The van der Waals surface area contributed by atoms with Crippen LogP contribution in [0.4, 0.5) is 0 Å². The summed E-state index contributed by atoms with van der Waals surface area (Å²) in [5.41, 5.74) is 0. The van der Waals surface area contributed by atoms with Gasteiger partial charge in [-0.2, -0.15) is 0 Å². The third-order valence-corrected chi connectivity index (χ3v) is 2.29. The molecule has 0 aliphatic heterocycles. The summed E-state index contributed by atoms with van der Waals surface area (Å²) in [5.74, 6) is 0. The Morgan fingerprint density at radius 2 is 2.20 bits per heavy atom. The molecule has 0 fully saturated rings. The van der Waals surface area contributed by atoms with Crippen molar-refractivity contribution < 1.29 is 5.11 Å². The fraction of sp³-hybridized carbons (Fsp3) is 1.00. The van der Waals surface area contributed by atoms with Crippen molar-refractivity contribution in [3.63, 3.8) is 0 Å². The molecule has 30 valence electrons.